The molecular weight excluding hydrogens is 450 g/mol. The summed E-state index contributed by atoms with van der Waals surface area (Å²) in [5.74, 6) is 0. The minimum atomic E-state index is -2.27. The summed E-state index contributed by atoms with van der Waals surface area (Å²) in [6, 6.07) is 6.95. The molecule has 1 heterocycles. The number of hydrogen-bond donors (Lipinski definition) is 1. The van der Waals surface area contributed by atoms with Crippen molar-refractivity contribution in [2.75, 3.05) is 0 Å². The molecule has 24 heavy (non-hydrogen) atoms. The quantitative estimate of drug-likeness (QED) is 0.474. The zero-order valence-electron chi connectivity index (χ0n) is 14.4. The zero-order chi connectivity index (χ0) is 15.9. The van der Waals surface area contributed by atoms with Gasteiger partial charge >= 0.3 is 150 Å². The van der Waals surface area contributed by atoms with Crippen LogP contribution in [0.25, 0.3) is 5.57 Å². The molecule has 1 unspecified atom stereocenters. The van der Waals surface area contributed by atoms with E-state index in [2.05, 4.69) is 56.5 Å². The van der Waals surface area contributed by atoms with Crippen molar-refractivity contribution in [3.05, 3.63) is 57.4 Å². The van der Waals surface area contributed by atoms with E-state index in [9.17, 15) is 4.80 Å². The van der Waals surface area contributed by atoms with Crippen LogP contribution < -0.4 is 30.0 Å². The number of allylic oxidation sites excluding steroid dienone is 6. The van der Waals surface area contributed by atoms with Crippen LogP contribution in [0.1, 0.15) is 21.2 Å². The van der Waals surface area contributed by atoms with E-state index in [-0.39, 0.29) is 24.8 Å². The molecule has 0 amide bonds. The summed E-state index contributed by atoms with van der Waals surface area (Å²) in [5, 5.41) is 4.64. The van der Waals surface area contributed by atoms with Gasteiger partial charge in [-0.05, 0) is 0 Å². The van der Waals surface area contributed by atoms with Crippen LogP contribution in [0.2, 0.25) is 26.2 Å². The summed E-state index contributed by atoms with van der Waals surface area (Å²) in [4.78, 5) is 10.7. The van der Waals surface area contributed by atoms with Crippen LogP contribution >= 0.6 is 0 Å². The Morgan fingerprint density at radius 1 is 1.21 bits per heavy atom. The number of halogens is 2. The van der Waals surface area contributed by atoms with Crippen molar-refractivity contribution >= 4 is 27.2 Å². The molecule has 0 spiro atoms. The van der Waals surface area contributed by atoms with Gasteiger partial charge in [-0.1, -0.05) is 0 Å². The average Bonchev–Trinajstić information content (AvgIpc) is 3.05. The van der Waals surface area contributed by atoms with E-state index < -0.39 is 16.4 Å². The van der Waals surface area contributed by atoms with Crippen LogP contribution in [0.3, 0.4) is 0 Å². The normalized spacial score (nSPS) is 22.9. The maximum absolute atomic E-state index is 10.7. The van der Waals surface area contributed by atoms with Crippen molar-refractivity contribution in [1.82, 2.24) is 0 Å². The van der Waals surface area contributed by atoms with Crippen LogP contribution in [-0.4, -0.2) is 21.2 Å². The van der Waals surface area contributed by atoms with Crippen molar-refractivity contribution < 1.29 is 54.3 Å². The summed E-state index contributed by atoms with van der Waals surface area (Å²) >= 11 is 1.62. The van der Waals surface area contributed by atoms with E-state index in [1.54, 1.807) is 51.8 Å². The molecule has 2 aliphatic carbocycles. The van der Waals surface area contributed by atoms with Crippen LogP contribution in [0.15, 0.2) is 46.3 Å². The Bertz CT molecular complexity index is 804. The van der Waals surface area contributed by atoms with Gasteiger partial charge in [0, 0.05) is 0 Å². The van der Waals surface area contributed by atoms with Gasteiger partial charge in [-0.2, -0.15) is 0 Å². The zero-order valence-corrected chi connectivity index (χ0v) is 20.3. The molecule has 1 nitrogen and oxygen atoms in total. The molecule has 0 saturated carbocycles. The van der Waals surface area contributed by atoms with E-state index in [4.69, 9.17) is 0 Å². The predicted octanol–water partition coefficient (Wildman–Crippen LogP) is -2.49. The molecule has 0 aromatic heterocycles. The average molecular weight is 472 g/mol. The predicted molar refractivity (Wildman–Crippen MR) is 93.7 cm³/mol. The fourth-order valence-electron chi connectivity index (χ4n) is 4.49. The Kier molecular flexibility index (Phi) is 5.56. The molecule has 2 bridgehead atoms. The van der Waals surface area contributed by atoms with Crippen LogP contribution in [0.4, 0.5) is 0 Å². The van der Waals surface area contributed by atoms with E-state index in [1.165, 1.54) is 10.8 Å². The molecule has 0 fully saturated rings. The first-order valence-electron chi connectivity index (χ1n) is 7.97. The first-order chi connectivity index (χ1) is 10.2. The summed E-state index contributed by atoms with van der Waals surface area (Å²) in [6.45, 7) is 9.13. The molecule has 1 aliphatic heterocycles. The molecule has 1 N–H and O–H groups in total. The van der Waals surface area contributed by atoms with Gasteiger partial charge in [-0.15, -0.1) is 0 Å². The summed E-state index contributed by atoms with van der Waals surface area (Å²) in [6.07, 6.45) is 5.45. The van der Waals surface area contributed by atoms with Crippen molar-refractivity contribution in [1.29, 1.82) is 0 Å². The summed E-state index contributed by atoms with van der Waals surface area (Å²) in [5.41, 5.74) is 6.12. The molecule has 0 saturated heterocycles. The van der Waals surface area contributed by atoms with Gasteiger partial charge in [0.2, 0.25) is 0 Å². The Hall–Kier alpha value is 0.297. The summed E-state index contributed by atoms with van der Waals surface area (Å²) in [7, 11) is -3.77. The molecule has 0 radical (unpaired) electrons. The van der Waals surface area contributed by atoms with Crippen molar-refractivity contribution in [2.24, 2.45) is 0 Å². The summed E-state index contributed by atoms with van der Waals surface area (Å²) < 4.78 is 0.658. The molecule has 3 aliphatic rings. The first kappa shape index (κ1) is 20.6. The first-order valence-corrected chi connectivity index (χ1v) is 15.3. The Labute approximate surface area is 174 Å². The van der Waals surface area contributed by atoms with E-state index >= 15 is 0 Å². The van der Waals surface area contributed by atoms with E-state index in [0.717, 1.165) is 6.42 Å². The van der Waals surface area contributed by atoms with Crippen LogP contribution in [0, 0.1) is 0 Å². The Morgan fingerprint density at radius 2 is 1.88 bits per heavy atom. The SMILES string of the molecule is C[Si](C)(O)C1=C(C2=C3[CH]([Zr+2])c4cccc(c42)[Si]3(C)C)CC=C1.[Cl-].[Cl-]. The van der Waals surface area contributed by atoms with Gasteiger partial charge in [0.25, 0.3) is 0 Å². The van der Waals surface area contributed by atoms with Gasteiger partial charge in [0.05, 0.1) is 0 Å². The molecule has 6 heteroatoms. The van der Waals surface area contributed by atoms with Gasteiger partial charge in [-0.3, -0.25) is 0 Å². The Morgan fingerprint density at radius 3 is 2.50 bits per heavy atom. The van der Waals surface area contributed by atoms with Gasteiger partial charge < -0.3 is 24.8 Å². The number of rotatable bonds is 2. The molecule has 125 valence electrons. The second-order valence-electron chi connectivity index (χ2n) is 7.67. The smallest absolute Gasteiger partial charge is 1.00 e. The van der Waals surface area contributed by atoms with Crippen LogP contribution in [-0.2, 0) is 24.7 Å². The van der Waals surface area contributed by atoms with Crippen LogP contribution in [0.5, 0.6) is 0 Å². The second-order valence-corrected chi connectivity index (χ2v) is 17.1. The third kappa shape index (κ3) is 2.61. The second kappa shape index (κ2) is 6.47. The van der Waals surface area contributed by atoms with Crippen molar-refractivity contribution in [2.45, 2.75) is 36.2 Å². The van der Waals surface area contributed by atoms with E-state index in [1.807, 2.05) is 0 Å². The topological polar surface area (TPSA) is 20.2 Å². The molecule has 1 atom stereocenters. The molecule has 4 rings (SSSR count). The fourth-order valence-corrected chi connectivity index (χ4v) is 13.1. The van der Waals surface area contributed by atoms with E-state index in [0.29, 0.717) is 3.63 Å². The fraction of sp³-hybridized carbons (Fsp3) is 0.333. The minimum absolute atomic E-state index is 0. The molecular formula is C18H21Cl2OSi2Zr. The minimum Gasteiger partial charge on any atom is -1.00 e. The Balaban J connectivity index is 0.00000104. The molecule has 1 aromatic rings. The third-order valence-electron chi connectivity index (χ3n) is 5.45. The van der Waals surface area contributed by atoms with Gasteiger partial charge in [0.1, 0.15) is 0 Å². The van der Waals surface area contributed by atoms with Crippen molar-refractivity contribution in [3.8, 4) is 0 Å². The number of hydrogen-bond acceptors (Lipinski definition) is 1. The monoisotopic (exact) mass is 469 g/mol. The third-order valence-corrected chi connectivity index (χ3v) is 13.1. The van der Waals surface area contributed by atoms with Crippen molar-refractivity contribution in [3.63, 3.8) is 0 Å². The van der Waals surface area contributed by atoms with Gasteiger partial charge in [0.15, 0.2) is 0 Å². The van der Waals surface area contributed by atoms with Gasteiger partial charge in [-0.25, -0.2) is 0 Å². The maximum Gasteiger partial charge on any atom is -1.00 e. The molecule has 1 aromatic carbocycles. The maximum atomic E-state index is 10.7. The largest absolute Gasteiger partial charge is 1.00 e. The number of benzene rings is 1. The standard InChI is InChI=1S/C18H21OSi2.2ClH.Zr/c1-20(2)15-10-5-7-12-11-16(20)18(17(12)15)13-8-6-9-14(13)21(3,4)19;;;/h5-7,9-11,19H,8H2,1-4H3;2*1H;/q;;;+2/p-2.